The zero-order valence-corrected chi connectivity index (χ0v) is 12.9. The fourth-order valence-corrected chi connectivity index (χ4v) is 2.01. The molecule has 0 saturated carbocycles. The number of carbonyl (C=O) groups is 2. The van der Waals surface area contributed by atoms with Crippen LogP contribution in [0.3, 0.4) is 0 Å². The van der Waals surface area contributed by atoms with E-state index >= 15 is 0 Å². The van der Waals surface area contributed by atoms with Gasteiger partial charge in [0.05, 0.1) is 6.42 Å². The average molecular weight is 292 g/mol. The largest absolute Gasteiger partial charge is 0.481 e. The Balaban J connectivity index is 2.87. The predicted octanol–water partition coefficient (Wildman–Crippen LogP) is 2.05. The van der Waals surface area contributed by atoms with Gasteiger partial charge < -0.3 is 15.3 Å². The van der Waals surface area contributed by atoms with E-state index in [4.69, 9.17) is 5.11 Å². The molecule has 0 aliphatic heterocycles. The van der Waals surface area contributed by atoms with Gasteiger partial charge in [-0.15, -0.1) is 0 Å². The maximum Gasteiger partial charge on any atom is 0.305 e. The lowest BCUT2D eigenvalue weighted by atomic mass is 10.1. The highest BCUT2D eigenvalue weighted by molar-refractivity contribution is 5.95. The van der Waals surface area contributed by atoms with Gasteiger partial charge in [-0.25, -0.2) is 0 Å². The Morgan fingerprint density at radius 2 is 1.90 bits per heavy atom. The molecule has 1 unspecified atom stereocenters. The van der Waals surface area contributed by atoms with Gasteiger partial charge in [-0.3, -0.25) is 9.59 Å². The minimum Gasteiger partial charge on any atom is -0.481 e. The van der Waals surface area contributed by atoms with Crippen molar-refractivity contribution in [3.8, 4) is 0 Å². The third kappa shape index (κ3) is 5.55. The molecule has 0 heterocycles. The van der Waals surface area contributed by atoms with Gasteiger partial charge >= 0.3 is 5.97 Å². The van der Waals surface area contributed by atoms with Crippen LogP contribution in [0.1, 0.15) is 25.8 Å². The van der Waals surface area contributed by atoms with Crippen LogP contribution in [-0.4, -0.2) is 36.6 Å². The molecule has 2 N–H and O–H groups in total. The number of carboxylic acid groups (broad SMARTS) is 1. The quantitative estimate of drug-likeness (QED) is 0.769. The fourth-order valence-electron chi connectivity index (χ4n) is 2.01. The van der Waals surface area contributed by atoms with Crippen molar-refractivity contribution in [1.82, 2.24) is 5.32 Å². The molecule has 0 saturated heterocycles. The van der Waals surface area contributed by atoms with Crippen molar-refractivity contribution < 1.29 is 14.7 Å². The van der Waals surface area contributed by atoms with Gasteiger partial charge in [0.25, 0.3) is 0 Å². The number of anilines is 1. The summed E-state index contributed by atoms with van der Waals surface area (Å²) < 4.78 is 0. The molecular formula is C16H24N2O3. The summed E-state index contributed by atoms with van der Waals surface area (Å²) in [6.45, 7) is 7.39. The number of hydrogen-bond donors (Lipinski definition) is 2. The Hall–Kier alpha value is -1.88. The first-order valence-corrected chi connectivity index (χ1v) is 7.26. The summed E-state index contributed by atoms with van der Waals surface area (Å²) >= 11 is 0. The predicted molar refractivity (Wildman–Crippen MR) is 83.5 cm³/mol. The number of carboxylic acids is 1. The van der Waals surface area contributed by atoms with Crippen molar-refractivity contribution >= 4 is 17.6 Å². The maximum atomic E-state index is 12.5. The Morgan fingerprint density at radius 1 is 1.29 bits per heavy atom. The van der Waals surface area contributed by atoms with Crippen molar-refractivity contribution in [2.45, 2.75) is 27.2 Å². The molecule has 0 fully saturated rings. The molecule has 21 heavy (non-hydrogen) atoms. The highest BCUT2D eigenvalue weighted by Crippen LogP contribution is 2.18. The van der Waals surface area contributed by atoms with Crippen LogP contribution >= 0.6 is 0 Å². The normalized spacial score (nSPS) is 12.0. The Bertz CT molecular complexity index is 471. The molecule has 0 radical (unpaired) electrons. The lowest BCUT2D eigenvalue weighted by Crippen LogP contribution is -2.40. The van der Waals surface area contributed by atoms with Crippen LogP contribution in [0.25, 0.3) is 0 Å². The summed E-state index contributed by atoms with van der Waals surface area (Å²) in [6, 6.07) is 7.56. The third-order valence-corrected chi connectivity index (χ3v) is 3.28. The first kappa shape index (κ1) is 17.2. The number of carbonyl (C=O) groups excluding carboxylic acids is 1. The number of amides is 1. The van der Waals surface area contributed by atoms with E-state index in [-0.39, 0.29) is 24.8 Å². The van der Waals surface area contributed by atoms with Gasteiger partial charge in [0.15, 0.2) is 0 Å². The maximum absolute atomic E-state index is 12.5. The van der Waals surface area contributed by atoms with Crippen molar-refractivity contribution in [1.29, 1.82) is 0 Å². The second-order valence-electron chi connectivity index (χ2n) is 5.18. The molecular weight excluding hydrogens is 268 g/mol. The van der Waals surface area contributed by atoms with Gasteiger partial charge in [-0.05, 0) is 25.6 Å². The van der Waals surface area contributed by atoms with Gasteiger partial charge in [0, 0.05) is 24.7 Å². The standard InChI is InChI=1S/C16H24N2O3/c1-4-17-11-13(3)16(21)18(10-9-15(19)20)14-7-5-12(2)6-8-14/h5-8,13,17H,4,9-11H2,1-3H3,(H,19,20). The van der Waals surface area contributed by atoms with E-state index in [9.17, 15) is 9.59 Å². The zero-order valence-electron chi connectivity index (χ0n) is 12.9. The zero-order chi connectivity index (χ0) is 15.8. The second-order valence-corrected chi connectivity index (χ2v) is 5.18. The van der Waals surface area contributed by atoms with Crippen LogP contribution in [0, 0.1) is 12.8 Å². The minimum absolute atomic E-state index is 0.0546. The molecule has 0 spiro atoms. The summed E-state index contributed by atoms with van der Waals surface area (Å²) in [4.78, 5) is 24.9. The lowest BCUT2D eigenvalue weighted by molar-refractivity contribution is -0.136. The molecule has 0 aliphatic rings. The molecule has 0 bridgehead atoms. The molecule has 1 aromatic carbocycles. The Kier molecular flexibility index (Phi) is 6.88. The number of aryl methyl sites for hydroxylation is 1. The van der Waals surface area contributed by atoms with Crippen LogP contribution < -0.4 is 10.2 Å². The number of hydrogen-bond acceptors (Lipinski definition) is 3. The first-order valence-electron chi connectivity index (χ1n) is 7.26. The molecule has 5 heteroatoms. The highest BCUT2D eigenvalue weighted by Gasteiger charge is 2.22. The molecule has 0 aliphatic carbocycles. The van der Waals surface area contributed by atoms with E-state index < -0.39 is 5.97 Å². The third-order valence-electron chi connectivity index (χ3n) is 3.28. The number of nitrogens with one attached hydrogen (secondary N) is 1. The van der Waals surface area contributed by atoms with Crippen LogP contribution in [0.2, 0.25) is 0 Å². The van der Waals surface area contributed by atoms with Gasteiger partial charge in [-0.2, -0.15) is 0 Å². The number of benzene rings is 1. The fraction of sp³-hybridized carbons (Fsp3) is 0.500. The van der Waals surface area contributed by atoms with E-state index in [2.05, 4.69) is 5.32 Å². The molecule has 1 rings (SSSR count). The van der Waals surface area contributed by atoms with Crippen LogP contribution in [0.5, 0.6) is 0 Å². The minimum atomic E-state index is -0.903. The van der Waals surface area contributed by atoms with E-state index in [0.717, 1.165) is 17.8 Å². The number of nitrogens with zero attached hydrogens (tertiary/aromatic N) is 1. The van der Waals surface area contributed by atoms with Crippen molar-refractivity contribution in [3.63, 3.8) is 0 Å². The summed E-state index contributed by atoms with van der Waals surface area (Å²) in [5.41, 5.74) is 1.85. The van der Waals surface area contributed by atoms with Gasteiger partial charge in [0.2, 0.25) is 5.91 Å². The topological polar surface area (TPSA) is 69.6 Å². The monoisotopic (exact) mass is 292 g/mol. The SMILES string of the molecule is CCNCC(C)C(=O)N(CCC(=O)O)c1ccc(C)cc1. The summed E-state index contributed by atoms with van der Waals surface area (Å²) in [7, 11) is 0. The van der Waals surface area contributed by atoms with E-state index in [0.29, 0.717) is 6.54 Å². The molecule has 116 valence electrons. The summed E-state index contributed by atoms with van der Waals surface area (Å²) in [5.74, 6) is -1.15. The van der Waals surface area contributed by atoms with E-state index in [1.54, 1.807) is 4.90 Å². The molecule has 5 nitrogen and oxygen atoms in total. The number of rotatable bonds is 8. The summed E-state index contributed by atoms with van der Waals surface area (Å²) in [6.07, 6.45) is -0.0620. The van der Waals surface area contributed by atoms with Crippen molar-refractivity contribution in [2.24, 2.45) is 5.92 Å². The average Bonchev–Trinajstić information content (AvgIpc) is 2.46. The number of aliphatic carboxylic acids is 1. The van der Waals surface area contributed by atoms with Crippen LogP contribution in [-0.2, 0) is 9.59 Å². The molecule has 0 aromatic heterocycles. The van der Waals surface area contributed by atoms with E-state index in [1.165, 1.54) is 0 Å². The lowest BCUT2D eigenvalue weighted by Gasteiger charge is -2.25. The highest BCUT2D eigenvalue weighted by atomic mass is 16.4. The second kappa shape index (κ2) is 8.42. The smallest absolute Gasteiger partial charge is 0.305 e. The first-order chi connectivity index (χ1) is 9.95. The van der Waals surface area contributed by atoms with Gasteiger partial charge in [-0.1, -0.05) is 31.5 Å². The summed E-state index contributed by atoms with van der Waals surface area (Å²) in [5, 5.41) is 12.0. The Morgan fingerprint density at radius 3 is 2.43 bits per heavy atom. The molecule has 1 aromatic rings. The molecule has 1 amide bonds. The van der Waals surface area contributed by atoms with Crippen molar-refractivity contribution in [3.05, 3.63) is 29.8 Å². The van der Waals surface area contributed by atoms with Crippen LogP contribution in [0.15, 0.2) is 24.3 Å². The molecule has 1 atom stereocenters. The Labute approximate surface area is 126 Å². The van der Waals surface area contributed by atoms with Gasteiger partial charge in [0.1, 0.15) is 0 Å². The van der Waals surface area contributed by atoms with E-state index in [1.807, 2.05) is 45.0 Å². The van der Waals surface area contributed by atoms with Crippen LogP contribution in [0.4, 0.5) is 5.69 Å². The van der Waals surface area contributed by atoms with Crippen molar-refractivity contribution in [2.75, 3.05) is 24.5 Å².